The number of nitrogens with zero attached hydrogens (tertiary/aromatic N) is 5. The summed E-state index contributed by atoms with van der Waals surface area (Å²) >= 11 is 0. The van der Waals surface area contributed by atoms with Crippen molar-refractivity contribution in [1.29, 1.82) is 0 Å². The zero-order valence-electron chi connectivity index (χ0n) is 17.7. The summed E-state index contributed by atoms with van der Waals surface area (Å²) in [6.07, 6.45) is 1.90. The number of amides is 4. The van der Waals surface area contributed by atoms with E-state index in [1.165, 1.54) is 10.5 Å². The number of urea groups is 1. The molecule has 0 unspecified atom stereocenters. The predicted molar refractivity (Wildman–Crippen MR) is 113 cm³/mol. The van der Waals surface area contributed by atoms with Crippen LogP contribution in [0.2, 0.25) is 0 Å². The van der Waals surface area contributed by atoms with Crippen LogP contribution in [0.15, 0.2) is 30.3 Å². The number of hydrogen-bond acceptors (Lipinski definition) is 5. The number of likely N-dealkylation sites (tertiary alicyclic amines) is 1. The highest BCUT2D eigenvalue weighted by Crippen LogP contribution is 2.20. The molecular formula is C22H31N5O3. The number of carbonyl (C=O) groups is 3. The SMILES string of the molecule is CN1CC(=O)N(CC(=O)N2CCC(N3CCN(Cc4ccccc4)CC3)CC2)C1=O. The van der Waals surface area contributed by atoms with Crippen molar-refractivity contribution in [2.24, 2.45) is 0 Å². The average Bonchev–Trinajstić information content (AvgIpc) is 3.01. The normalized spacial score (nSPS) is 22.2. The maximum atomic E-state index is 12.6. The molecule has 4 amide bonds. The predicted octanol–water partition coefficient (Wildman–Crippen LogP) is 0.689. The van der Waals surface area contributed by atoms with Crippen LogP contribution in [-0.4, -0.2) is 108 Å². The lowest BCUT2D eigenvalue weighted by Crippen LogP contribution is -2.54. The highest BCUT2D eigenvalue weighted by molar-refractivity contribution is 6.04. The third-order valence-electron chi connectivity index (χ3n) is 6.51. The van der Waals surface area contributed by atoms with Crippen LogP contribution in [0.4, 0.5) is 4.79 Å². The Morgan fingerprint density at radius 3 is 2.23 bits per heavy atom. The van der Waals surface area contributed by atoms with Crippen LogP contribution < -0.4 is 0 Å². The summed E-state index contributed by atoms with van der Waals surface area (Å²) in [6, 6.07) is 10.7. The Labute approximate surface area is 178 Å². The van der Waals surface area contributed by atoms with E-state index in [9.17, 15) is 14.4 Å². The molecule has 1 aromatic carbocycles. The van der Waals surface area contributed by atoms with Gasteiger partial charge in [0.15, 0.2) is 0 Å². The van der Waals surface area contributed by atoms with Gasteiger partial charge in [-0.3, -0.25) is 24.3 Å². The Kier molecular flexibility index (Phi) is 6.34. The standard InChI is InChI=1S/C22H31N5O3/c1-23-16-21(29)27(22(23)30)17-20(28)26-9-7-19(8-10-26)25-13-11-24(12-14-25)15-18-5-3-2-4-6-18/h2-6,19H,7-17H2,1H3. The van der Waals surface area contributed by atoms with Gasteiger partial charge in [-0.05, 0) is 18.4 Å². The summed E-state index contributed by atoms with van der Waals surface area (Å²) in [5.74, 6) is -0.419. The van der Waals surface area contributed by atoms with Crippen molar-refractivity contribution >= 4 is 17.8 Å². The summed E-state index contributed by atoms with van der Waals surface area (Å²) in [5.41, 5.74) is 1.36. The lowest BCUT2D eigenvalue weighted by molar-refractivity contribution is -0.137. The molecule has 0 aromatic heterocycles. The van der Waals surface area contributed by atoms with Gasteiger partial charge in [0.2, 0.25) is 5.91 Å². The molecule has 0 spiro atoms. The first kappa shape index (κ1) is 20.8. The zero-order chi connectivity index (χ0) is 21.1. The van der Waals surface area contributed by atoms with E-state index in [0.29, 0.717) is 19.1 Å². The molecule has 30 heavy (non-hydrogen) atoms. The number of likely N-dealkylation sites (N-methyl/N-ethyl adjacent to an activating group) is 1. The van der Waals surface area contributed by atoms with Gasteiger partial charge in [-0.1, -0.05) is 30.3 Å². The van der Waals surface area contributed by atoms with Crippen LogP contribution in [-0.2, 0) is 16.1 Å². The number of rotatable bonds is 5. The molecule has 3 fully saturated rings. The van der Waals surface area contributed by atoms with Crippen LogP contribution in [0.5, 0.6) is 0 Å². The van der Waals surface area contributed by atoms with Gasteiger partial charge in [0.25, 0.3) is 5.91 Å². The van der Waals surface area contributed by atoms with E-state index < -0.39 is 0 Å². The van der Waals surface area contributed by atoms with Crippen molar-refractivity contribution in [2.75, 3.05) is 59.4 Å². The monoisotopic (exact) mass is 413 g/mol. The quantitative estimate of drug-likeness (QED) is 0.665. The molecular weight excluding hydrogens is 382 g/mol. The molecule has 0 atom stereocenters. The molecule has 8 nitrogen and oxygen atoms in total. The van der Waals surface area contributed by atoms with Crippen molar-refractivity contribution in [3.63, 3.8) is 0 Å². The summed E-state index contributed by atoms with van der Waals surface area (Å²) in [6.45, 7) is 6.59. The maximum Gasteiger partial charge on any atom is 0.327 e. The number of carbonyl (C=O) groups excluding carboxylic acids is 3. The summed E-state index contributed by atoms with van der Waals surface area (Å²) in [5, 5.41) is 0. The third kappa shape index (κ3) is 4.65. The van der Waals surface area contributed by atoms with Gasteiger partial charge < -0.3 is 9.80 Å². The summed E-state index contributed by atoms with van der Waals surface area (Å²) < 4.78 is 0. The van der Waals surface area contributed by atoms with Crippen LogP contribution in [0, 0.1) is 0 Å². The summed E-state index contributed by atoms with van der Waals surface area (Å²) in [7, 11) is 1.58. The molecule has 0 aliphatic carbocycles. The van der Waals surface area contributed by atoms with E-state index in [0.717, 1.165) is 50.5 Å². The van der Waals surface area contributed by atoms with Gasteiger partial charge in [-0.15, -0.1) is 0 Å². The molecule has 0 N–H and O–H groups in total. The number of imide groups is 1. The Balaban J connectivity index is 1.20. The lowest BCUT2D eigenvalue weighted by atomic mass is 10.0. The van der Waals surface area contributed by atoms with E-state index in [-0.39, 0.29) is 30.9 Å². The second-order valence-electron chi connectivity index (χ2n) is 8.53. The first-order chi connectivity index (χ1) is 14.5. The van der Waals surface area contributed by atoms with E-state index in [2.05, 4.69) is 40.1 Å². The molecule has 0 radical (unpaired) electrons. The van der Waals surface area contributed by atoms with Crippen molar-refractivity contribution in [3.8, 4) is 0 Å². The fourth-order valence-corrected chi connectivity index (χ4v) is 4.67. The number of piperidine rings is 1. The molecule has 8 heteroatoms. The molecule has 3 heterocycles. The molecule has 0 bridgehead atoms. The fraction of sp³-hybridized carbons (Fsp3) is 0.591. The maximum absolute atomic E-state index is 12.6. The van der Waals surface area contributed by atoms with Crippen LogP contribution >= 0.6 is 0 Å². The Bertz CT molecular complexity index is 770. The van der Waals surface area contributed by atoms with E-state index >= 15 is 0 Å². The third-order valence-corrected chi connectivity index (χ3v) is 6.51. The first-order valence-electron chi connectivity index (χ1n) is 10.8. The molecule has 1 aromatic rings. The van der Waals surface area contributed by atoms with Gasteiger partial charge in [0.1, 0.15) is 13.1 Å². The second-order valence-corrected chi connectivity index (χ2v) is 8.53. The highest BCUT2D eigenvalue weighted by atomic mass is 16.2. The minimum atomic E-state index is -0.378. The van der Waals surface area contributed by atoms with Gasteiger partial charge in [-0.25, -0.2) is 4.79 Å². The van der Waals surface area contributed by atoms with Crippen molar-refractivity contribution in [3.05, 3.63) is 35.9 Å². The van der Waals surface area contributed by atoms with Gasteiger partial charge in [0.05, 0.1) is 0 Å². The average molecular weight is 414 g/mol. The molecule has 162 valence electrons. The first-order valence-corrected chi connectivity index (χ1v) is 10.8. The number of benzene rings is 1. The smallest absolute Gasteiger partial charge is 0.327 e. The Morgan fingerprint density at radius 1 is 0.967 bits per heavy atom. The summed E-state index contributed by atoms with van der Waals surface area (Å²) in [4.78, 5) is 45.8. The largest absolute Gasteiger partial charge is 0.341 e. The van der Waals surface area contributed by atoms with Gasteiger partial charge in [0, 0.05) is 58.9 Å². The number of hydrogen-bond donors (Lipinski definition) is 0. The zero-order valence-corrected chi connectivity index (χ0v) is 17.7. The van der Waals surface area contributed by atoms with Crippen molar-refractivity contribution < 1.29 is 14.4 Å². The van der Waals surface area contributed by atoms with Crippen LogP contribution in [0.25, 0.3) is 0 Å². The van der Waals surface area contributed by atoms with E-state index in [1.54, 1.807) is 11.9 Å². The van der Waals surface area contributed by atoms with Gasteiger partial charge >= 0.3 is 6.03 Å². The van der Waals surface area contributed by atoms with E-state index in [1.807, 2.05) is 0 Å². The molecule has 3 aliphatic heterocycles. The van der Waals surface area contributed by atoms with Crippen LogP contribution in [0.3, 0.4) is 0 Å². The van der Waals surface area contributed by atoms with Crippen LogP contribution in [0.1, 0.15) is 18.4 Å². The fourth-order valence-electron chi connectivity index (χ4n) is 4.67. The molecule has 3 aliphatic rings. The number of piperazine rings is 1. The molecule has 0 saturated carbocycles. The van der Waals surface area contributed by atoms with Gasteiger partial charge in [-0.2, -0.15) is 0 Å². The minimum Gasteiger partial charge on any atom is -0.341 e. The highest BCUT2D eigenvalue weighted by Gasteiger charge is 2.36. The second kappa shape index (κ2) is 9.14. The topological polar surface area (TPSA) is 67.4 Å². The minimum absolute atomic E-state index is 0.0600. The Hall–Kier alpha value is -2.45. The molecule has 4 rings (SSSR count). The molecule has 3 saturated heterocycles. The lowest BCUT2D eigenvalue weighted by Gasteiger charge is -2.43. The van der Waals surface area contributed by atoms with Crippen molar-refractivity contribution in [1.82, 2.24) is 24.5 Å². The van der Waals surface area contributed by atoms with E-state index in [4.69, 9.17) is 0 Å². The Morgan fingerprint density at radius 2 is 1.63 bits per heavy atom. The van der Waals surface area contributed by atoms with Crippen molar-refractivity contribution in [2.45, 2.75) is 25.4 Å².